The van der Waals surface area contributed by atoms with Crippen LogP contribution in [-0.2, 0) is 14.2 Å². The van der Waals surface area contributed by atoms with Crippen LogP contribution in [0.25, 0.3) is 0 Å². The van der Waals surface area contributed by atoms with Gasteiger partial charge in [0.2, 0.25) is 12.1 Å². The van der Waals surface area contributed by atoms with E-state index in [0.29, 0.717) is 5.56 Å². The van der Waals surface area contributed by atoms with Crippen LogP contribution in [0.3, 0.4) is 0 Å². The van der Waals surface area contributed by atoms with Crippen LogP contribution in [0.2, 0.25) is 0 Å². The fraction of sp³-hybridized carbons (Fsp3) is 0.500. The molecule has 0 amide bonds. The first-order valence-electron chi connectivity index (χ1n) is 12.2. The van der Waals surface area contributed by atoms with E-state index in [9.17, 15) is 40.5 Å². The van der Waals surface area contributed by atoms with Gasteiger partial charge < -0.3 is 59.4 Å². The van der Waals surface area contributed by atoms with Crippen molar-refractivity contribution in [1.29, 1.82) is 0 Å². The van der Waals surface area contributed by atoms with Crippen LogP contribution >= 0.6 is 0 Å². The first-order chi connectivity index (χ1) is 18.6. The van der Waals surface area contributed by atoms with Crippen molar-refractivity contribution in [3.05, 3.63) is 53.6 Å². The molecule has 2 heterocycles. The van der Waals surface area contributed by atoms with Gasteiger partial charge in [0.15, 0.2) is 12.4 Å². The van der Waals surface area contributed by atoms with Crippen LogP contribution in [-0.4, -0.2) is 117 Å². The standard InChI is InChI=1S/C26H32O13/c1-11-18(29)21(32)23(34)25(36-11)39-24-22(33)20(31)16(10-27)38-26(24)37-13-8-14(28)17(15(9-13)35-2)19(30)12-6-4-3-5-7-12/h3-9,11,16,18,20-29,31-34H,10H2,1-2H3/t11-,16+,18-,20+,21+,22-,23+,24?,25-,26+/m0/s1. The van der Waals surface area contributed by atoms with E-state index < -0.39 is 79.6 Å². The summed E-state index contributed by atoms with van der Waals surface area (Å²) in [6.45, 7) is 0.732. The number of hydrogen-bond donors (Lipinski definition) is 7. The number of ether oxygens (including phenoxy) is 5. The molecule has 214 valence electrons. The topological polar surface area (TPSA) is 205 Å². The number of phenolic OH excluding ortho intramolecular Hbond substituents is 1. The molecule has 0 spiro atoms. The zero-order valence-corrected chi connectivity index (χ0v) is 21.1. The van der Waals surface area contributed by atoms with Crippen molar-refractivity contribution in [1.82, 2.24) is 0 Å². The van der Waals surface area contributed by atoms with Gasteiger partial charge in [-0.1, -0.05) is 30.3 Å². The predicted molar refractivity (Wildman–Crippen MR) is 130 cm³/mol. The number of methoxy groups -OCH3 is 1. The molecule has 2 aromatic carbocycles. The number of carbonyl (C=O) groups excluding carboxylic acids is 1. The molecule has 0 bridgehead atoms. The van der Waals surface area contributed by atoms with Crippen molar-refractivity contribution in [2.24, 2.45) is 0 Å². The lowest BCUT2D eigenvalue weighted by molar-refractivity contribution is -0.354. The second-order valence-corrected chi connectivity index (χ2v) is 9.32. The Balaban J connectivity index is 1.62. The zero-order valence-electron chi connectivity index (χ0n) is 21.1. The van der Waals surface area contributed by atoms with E-state index in [2.05, 4.69) is 0 Å². The van der Waals surface area contributed by atoms with Crippen molar-refractivity contribution in [2.45, 2.75) is 68.3 Å². The lowest BCUT2D eigenvalue weighted by Gasteiger charge is -2.45. The van der Waals surface area contributed by atoms with Gasteiger partial charge in [-0.15, -0.1) is 0 Å². The van der Waals surface area contributed by atoms with E-state index in [0.717, 1.165) is 6.07 Å². The minimum Gasteiger partial charge on any atom is -0.507 e. The fourth-order valence-electron chi connectivity index (χ4n) is 4.48. The summed E-state index contributed by atoms with van der Waals surface area (Å²) < 4.78 is 27.8. The Morgan fingerprint density at radius 3 is 2.23 bits per heavy atom. The first-order valence-corrected chi connectivity index (χ1v) is 12.2. The molecule has 2 fully saturated rings. The number of ketones is 1. The van der Waals surface area contributed by atoms with Gasteiger partial charge in [-0.25, -0.2) is 0 Å². The molecule has 13 nitrogen and oxygen atoms in total. The van der Waals surface area contributed by atoms with E-state index in [4.69, 9.17) is 23.7 Å². The average Bonchev–Trinajstić information content (AvgIpc) is 2.93. The van der Waals surface area contributed by atoms with Crippen LogP contribution in [0.5, 0.6) is 17.2 Å². The average molecular weight is 553 g/mol. The maximum atomic E-state index is 13.0. The highest BCUT2D eigenvalue weighted by atomic mass is 16.8. The monoisotopic (exact) mass is 552 g/mol. The van der Waals surface area contributed by atoms with Crippen LogP contribution < -0.4 is 9.47 Å². The van der Waals surface area contributed by atoms with E-state index in [1.54, 1.807) is 30.3 Å². The summed E-state index contributed by atoms with van der Waals surface area (Å²) in [5, 5.41) is 71.9. The molecule has 4 rings (SSSR count). The SMILES string of the molecule is COc1cc(O[C@@H]2O[C@H](CO)[C@@H](O)[C@H](O)C2O[C@@H]2O[C@@H](C)[C@H](O)[C@@H](O)[C@H]2O)cc(O)c1C(=O)c1ccccc1. The quantitative estimate of drug-likeness (QED) is 0.190. The third-order valence-electron chi connectivity index (χ3n) is 6.71. The largest absolute Gasteiger partial charge is 0.507 e. The molecular formula is C26H32O13. The van der Waals surface area contributed by atoms with Crippen molar-refractivity contribution in [3.63, 3.8) is 0 Å². The highest BCUT2D eigenvalue weighted by Crippen LogP contribution is 2.37. The van der Waals surface area contributed by atoms with Crippen LogP contribution in [0.4, 0.5) is 0 Å². The summed E-state index contributed by atoms with van der Waals surface area (Å²) in [6, 6.07) is 10.6. The van der Waals surface area contributed by atoms with Crippen LogP contribution in [0.15, 0.2) is 42.5 Å². The number of carbonyl (C=O) groups is 1. The lowest BCUT2D eigenvalue weighted by atomic mass is 9.97. The van der Waals surface area contributed by atoms with Gasteiger partial charge >= 0.3 is 0 Å². The lowest BCUT2D eigenvalue weighted by Crippen LogP contribution is -2.64. The zero-order chi connectivity index (χ0) is 28.4. The first kappa shape index (κ1) is 29.1. The Hall–Kier alpha value is -2.85. The molecule has 2 aliphatic rings. The van der Waals surface area contributed by atoms with Gasteiger partial charge in [-0.2, -0.15) is 0 Å². The number of aliphatic hydroxyl groups excluding tert-OH is 6. The minimum atomic E-state index is -1.73. The molecule has 0 radical (unpaired) electrons. The smallest absolute Gasteiger partial charge is 0.229 e. The van der Waals surface area contributed by atoms with E-state index in [1.807, 2.05) is 0 Å². The third-order valence-corrected chi connectivity index (χ3v) is 6.71. The third kappa shape index (κ3) is 5.87. The van der Waals surface area contributed by atoms with Gasteiger partial charge in [0.25, 0.3) is 0 Å². The second-order valence-electron chi connectivity index (χ2n) is 9.32. The van der Waals surface area contributed by atoms with Crippen LogP contribution in [0.1, 0.15) is 22.8 Å². The number of aromatic hydroxyl groups is 1. The summed E-state index contributed by atoms with van der Waals surface area (Å²) in [5.41, 5.74) is 0.177. The maximum Gasteiger partial charge on any atom is 0.229 e. The summed E-state index contributed by atoms with van der Waals surface area (Å²) in [4.78, 5) is 13.0. The molecule has 1 unspecified atom stereocenters. The van der Waals surface area contributed by atoms with Crippen molar-refractivity contribution >= 4 is 5.78 Å². The van der Waals surface area contributed by atoms with Crippen molar-refractivity contribution in [3.8, 4) is 17.2 Å². The Bertz CT molecular complexity index is 1130. The second kappa shape index (κ2) is 12.1. The van der Waals surface area contributed by atoms with Gasteiger partial charge in [0.1, 0.15) is 59.4 Å². The number of rotatable bonds is 8. The van der Waals surface area contributed by atoms with Crippen LogP contribution in [0, 0.1) is 0 Å². The summed E-state index contributed by atoms with van der Waals surface area (Å²) in [7, 11) is 1.29. The molecule has 0 saturated carbocycles. The Morgan fingerprint density at radius 1 is 0.897 bits per heavy atom. The molecule has 13 heteroatoms. The highest BCUT2D eigenvalue weighted by molar-refractivity contribution is 6.12. The van der Waals surface area contributed by atoms with Gasteiger partial charge in [-0.05, 0) is 6.92 Å². The molecule has 0 aliphatic carbocycles. The van der Waals surface area contributed by atoms with E-state index in [-0.39, 0.29) is 17.1 Å². The Kier molecular flexibility index (Phi) is 9.06. The molecule has 39 heavy (non-hydrogen) atoms. The van der Waals surface area contributed by atoms with E-state index >= 15 is 0 Å². The molecule has 0 aromatic heterocycles. The number of aliphatic hydroxyl groups is 6. The van der Waals surface area contributed by atoms with E-state index in [1.165, 1.54) is 20.1 Å². The molecule has 7 N–H and O–H groups in total. The van der Waals surface area contributed by atoms with Gasteiger partial charge in [0.05, 0.1) is 19.8 Å². The predicted octanol–water partition coefficient (Wildman–Crippen LogP) is -1.34. The fourth-order valence-corrected chi connectivity index (χ4v) is 4.48. The Labute approximate surface area is 223 Å². The highest BCUT2D eigenvalue weighted by Gasteiger charge is 2.51. The summed E-state index contributed by atoms with van der Waals surface area (Å²) in [5.74, 6) is -1.13. The van der Waals surface area contributed by atoms with Gasteiger partial charge in [-0.3, -0.25) is 4.79 Å². The minimum absolute atomic E-state index is 0.0385. The maximum absolute atomic E-state index is 13.0. The normalized spacial score (nSPS) is 34.9. The Morgan fingerprint density at radius 2 is 1.59 bits per heavy atom. The number of benzene rings is 2. The number of phenols is 1. The van der Waals surface area contributed by atoms with Crippen molar-refractivity contribution < 1.29 is 64.2 Å². The molecular weight excluding hydrogens is 520 g/mol. The summed E-state index contributed by atoms with van der Waals surface area (Å²) in [6.07, 6.45) is -15.1. The van der Waals surface area contributed by atoms with Crippen molar-refractivity contribution in [2.75, 3.05) is 13.7 Å². The number of hydrogen-bond acceptors (Lipinski definition) is 13. The molecule has 2 aromatic rings. The molecule has 2 saturated heterocycles. The molecule has 10 atom stereocenters. The summed E-state index contributed by atoms with van der Waals surface area (Å²) >= 11 is 0. The van der Waals surface area contributed by atoms with Gasteiger partial charge in [0, 0.05) is 17.7 Å². The molecule has 2 aliphatic heterocycles.